The highest BCUT2D eigenvalue weighted by Crippen LogP contribution is 2.28. The zero-order chi connectivity index (χ0) is 21.1. The van der Waals surface area contributed by atoms with E-state index in [1.54, 1.807) is 19.1 Å². The van der Waals surface area contributed by atoms with Gasteiger partial charge in [0.15, 0.2) is 0 Å². The molecule has 0 saturated heterocycles. The summed E-state index contributed by atoms with van der Waals surface area (Å²) >= 11 is 6.02. The number of halogens is 1. The van der Waals surface area contributed by atoms with Crippen molar-refractivity contribution in [3.8, 4) is 0 Å². The number of ether oxygens (including phenoxy) is 1. The van der Waals surface area contributed by atoms with Crippen LogP contribution in [0.4, 0.5) is 11.4 Å². The van der Waals surface area contributed by atoms with E-state index in [0.717, 1.165) is 10.6 Å². The van der Waals surface area contributed by atoms with Crippen LogP contribution < -0.4 is 9.62 Å². The van der Waals surface area contributed by atoms with Gasteiger partial charge in [-0.2, -0.15) is 0 Å². The van der Waals surface area contributed by atoms with E-state index >= 15 is 0 Å². The van der Waals surface area contributed by atoms with E-state index in [2.05, 4.69) is 10.1 Å². The molecule has 0 saturated carbocycles. The minimum atomic E-state index is -3.76. The van der Waals surface area contributed by atoms with Crippen LogP contribution in [0.15, 0.2) is 42.5 Å². The molecule has 0 fully saturated rings. The normalized spacial score (nSPS) is 12.2. The largest absolute Gasteiger partial charge is 0.465 e. The number of rotatable bonds is 6. The van der Waals surface area contributed by atoms with Crippen molar-refractivity contribution in [3.63, 3.8) is 0 Å². The van der Waals surface area contributed by atoms with Gasteiger partial charge in [-0.1, -0.05) is 17.7 Å². The molecule has 2 aromatic rings. The second kappa shape index (κ2) is 8.62. The summed E-state index contributed by atoms with van der Waals surface area (Å²) in [5.41, 5.74) is 1.75. The first-order valence-electron chi connectivity index (χ1n) is 8.29. The molecule has 28 heavy (non-hydrogen) atoms. The average molecular weight is 425 g/mol. The van der Waals surface area contributed by atoms with Crippen LogP contribution in [-0.2, 0) is 19.6 Å². The summed E-state index contributed by atoms with van der Waals surface area (Å²) in [5, 5.41) is 3.01. The molecule has 0 aliphatic rings. The highest BCUT2D eigenvalue weighted by Gasteiger charge is 2.30. The molecule has 0 radical (unpaired) electrons. The molecule has 0 unspecified atom stereocenters. The molecule has 0 spiro atoms. The van der Waals surface area contributed by atoms with E-state index in [0.29, 0.717) is 27.5 Å². The van der Waals surface area contributed by atoms with Crippen LogP contribution in [0.3, 0.4) is 0 Å². The van der Waals surface area contributed by atoms with Crippen molar-refractivity contribution < 1.29 is 22.7 Å². The summed E-state index contributed by atoms with van der Waals surface area (Å²) < 4.78 is 30.5. The van der Waals surface area contributed by atoms with Gasteiger partial charge in [0.05, 0.1) is 24.6 Å². The fraction of sp³-hybridized carbons (Fsp3) is 0.263. The second-order valence-electron chi connectivity index (χ2n) is 6.22. The van der Waals surface area contributed by atoms with Gasteiger partial charge in [-0.3, -0.25) is 9.10 Å². The van der Waals surface area contributed by atoms with Crippen LogP contribution in [-0.4, -0.2) is 39.7 Å². The van der Waals surface area contributed by atoms with Crippen molar-refractivity contribution in [2.75, 3.05) is 23.0 Å². The Balaban J connectivity index is 2.29. The predicted octanol–water partition coefficient (Wildman–Crippen LogP) is 3.23. The predicted molar refractivity (Wildman–Crippen MR) is 109 cm³/mol. The molecule has 7 nitrogen and oxygen atoms in total. The van der Waals surface area contributed by atoms with Crippen LogP contribution in [0.2, 0.25) is 5.02 Å². The fourth-order valence-corrected chi connectivity index (χ4v) is 4.05. The zero-order valence-electron chi connectivity index (χ0n) is 15.9. The molecule has 1 N–H and O–H groups in total. The zero-order valence-corrected chi connectivity index (χ0v) is 17.5. The average Bonchev–Trinajstić information content (AvgIpc) is 2.63. The molecule has 9 heteroatoms. The third-order valence-electron chi connectivity index (χ3n) is 4.07. The summed E-state index contributed by atoms with van der Waals surface area (Å²) in [7, 11) is -2.49. The molecule has 2 aromatic carbocycles. The molecule has 0 bridgehead atoms. The number of methoxy groups -OCH3 is 1. The van der Waals surface area contributed by atoms with Crippen LogP contribution in [0.1, 0.15) is 22.8 Å². The summed E-state index contributed by atoms with van der Waals surface area (Å²) in [6.07, 6.45) is 1.03. The van der Waals surface area contributed by atoms with Crippen molar-refractivity contribution in [1.29, 1.82) is 0 Å². The number of amides is 1. The van der Waals surface area contributed by atoms with E-state index in [4.69, 9.17) is 11.6 Å². The van der Waals surface area contributed by atoms with Crippen LogP contribution >= 0.6 is 11.6 Å². The van der Waals surface area contributed by atoms with E-state index in [9.17, 15) is 18.0 Å². The fourth-order valence-electron chi connectivity index (χ4n) is 2.66. The molecule has 0 aliphatic heterocycles. The Hall–Kier alpha value is -2.58. The molecular weight excluding hydrogens is 404 g/mol. The smallest absolute Gasteiger partial charge is 0.337 e. The van der Waals surface area contributed by atoms with Gasteiger partial charge in [0.1, 0.15) is 6.04 Å². The molecule has 0 aromatic heterocycles. The first-order chi connectivity index (χ1) is 13.0. The van der Waals surface area contributed by atoms with Gasteiger partial charge in [-0.05, 0) is 55.8 Å². The number of carbonyl (C=O) groups excluding carboxylic acids is 2. The Morgan fingerprint density at radius 2 is 1.75 bits per heavy atom. The lowest BCUT2D eigenvalue weighted by atomic mass is 10.1. The lowest BCUT2D eigenvalue weighted by Crippen LogP contribution is -2.45. The number of carbonyl (C=O) groups is 2. The summed E-state index contributed by atoms with van der Waals surface area (Å²) in [6, 6.07) is 9.88. The van der Waals surface area contributed by atoms with Gasteiger partial charge in [0.2, 0.25) is 15.9 Å². The Labute approximate surface area is 169 Å². The molecule has 0 heterocycles. The van der Waals surface area contributed by atoms with Gasteiger partial charge in [-0.25, -0.2) is 13.2 Å². The number of aryl methyl sites for hydroxylation is 1. The monoisotopic (exact) mass is 424 g/mol. The van der Waals surface area contributed by atoms with Crippen molar-refractivity contribution in [2.24, 2.45) is 0 Å². The number of benzene rings is 2. The van der Waals surface area contributed by atoms with Crippen molar-refractivity contribution in [1.82, 2.24) is 0 Å². The van der Waals surface area contributed by atoms with Crippen molar-refractivity contribution >= 4 is 44.9 Å². The summed E-state index contributed by atoms with van der Waals surface area (Å²) in [6.45, 7) is 3.22. The molecule has 1 amide bonds. The van der Waals surface area contributed by atoms with Crippen LogP contribution in [0.5, 0.6) is 0 Å². The summed E-state index contributed by atoms with van der Waals surface area (Å²) in [4.78, 5) is 24.2. The Kier molecular flexibility index (Phi) is 6.69. The molecule has 0 aliphatic carbocycles. The SMILES string of the molecule is COC(=O)c1ccc(NC(=O)[C@@H](C)N(c2cc(Cl)ccc2C)S(C)(=O)=O)cc1. The topological polar surface area (TPSA) is 92.8 Å². The van der Waals surface area contributed by atoms with Gasteiger partial charge in [0.25, 0.3) is 0 Å². The third kappa shape index (κ3) is 5.02. The maximum absolute atomic E-state index is 12.7. The van der Waals surface area contributed by atoms with E-state index in [1.807, 2.05) is 0 Å². The first-order valence-corrected chi connectivity index (χ1v) is 10.5. The molecule has 2 rings (SSSR count). The van der Waals surface area contributed by atoms with Gasteiger partial charge in [0, 0.05) is 10.7 Å². The van der Waals surface area contributed by atoms with Crippen LogP contribution in [0, 0.1) is 6.92 Å². The van der Waals surface area contributed by atoms with E-state index in [1.165, 1.54) is 44.4 Å². The highest BCUT2D eigenvalue weighted by molar-refractivity contribution is 7.92. The van der Waals surface area contributed by atoms with E-state index < -0.39 is 27.9 Å². The third-order valence-corrected chi connectivity index (χ3v) is 5.53. The summed E-state index contributed by atoms with van der Waals surface area (Å²) in [5.74, 6) is -1.03. The standard InChI is InChI=1S/C19H21ClN2O5S/c1-12-5-8-15(20)11-17(12)22(28(4,25)26)13(2)18(23)21-16-9-6-14(7-10-16)19(24)27-3/h5-11,13H,1-4H3,(H,21,23)/t13-/m1/s1. The number of esters is 1. The lowest BCUT2D eigenvalue weighted by molar-refractivity contribution is -0.116. The number of hydrogen-bond acceptors (Lipinski definition) is 5. The molecule has 1 atom stereocenters. The quantitative estimate of drug-likeness (QED) is 0.718. The second-order valence-corrected chi connectivity index (χ2v) is 8.52. The number of nitrogens with zero attached hydrogens (tertiary/aromatic N) is 1. The maximum atomic E-state index is 12.7. The maximum Gasteiger partial charge on any atom is 0.337 e. The minimum absolute atomic E-state index is 0.332. The van der Waals surface area contributed by atoms with Gasteiger partial charge in [-0.15, -0.1) is 0 Å². The molecule has 150 valence electrons. The number of sulfonamides is 1. The Morgan fingerprint density at radius 3 is 2.29 bits per heavy atom. The number of nitrogens with one attached hydrogen (secondary N) is 1. The Bertz CT molecular complexity index is 990. The molecular formula is C19H21ClN2O5S. The lowest BCUT2D eigenvalue weighted by Gasteiger charge is -2.29. The first kappa shape index (κ1) is 21.7. The van der Waals surface area contributed by atoms with Crippen LogP contribution in [0.25, 0.3) is 0 Å². The van der Waals surface area contributed by atoms with Crippen molar-refractivity contribution in [2.45, 2.75) is 19.9 Å². The van der Waals surface area contributed by atoms with Crippen molar-refractivity contribution in [3.05, 3.63) is 58.6 Å². The number of anilines is 2. The number of hydrogen-bond donors (Lipinski definition) is 1. The van der Waals surface area contributed by atoms with Gasteiger partial charge >= 0.3 is 5.97 Å². The Morgan fingerprint density at radius 1 is 1.14 bits per heavy atom. The highest BCUT2D eigenvalue weighted by atomic mass is 35.5. The minimum Gasteiger partial charge on any atom is -0.465 e. The van der Waals surface area contributed by atoms with Gasteiger partial charge < -0.3 is 10.1 Å². The van der Waals surface area contributed by atoms with E-state index in [-0.39, 0.29) is 0 Å².